The van der Waals surface area contributed by atoms with Gasteiger partial charge in [0.25, 0.3) is 0 Å². The topological polar surface area (TPSA) is 64.7 Å². The maximum Gasteiger partial charge on any atom is 0.192 e. The molecule has 0 aliphatic heterocycles. The van der Waals surface area contributed by atoms with Crippen molar-refractivity contribution in [1.29, 1.82) is 0 Å². The minimum absolute atomic E-state index is 0.684. The highest BCUT2D eigenvalue weighted by Gasteiger charge is 2.06. The van der Waals surface area contributed by atoms with E-state index in [0.717, 1.165) is 15.8 Å². The zero-order valence-corrected chi connectivity index (χ0v) is 10.3. The van der Waals surface area contributed by atoms with Gasteiger partial charge in [0.15, 0.2) is 5.16 Å². The standard InChI is InChI=1S/C13H10N4S/c14-10-4-1-3-9-11(5-8-15-12(9)10)18-13-16-6-2-7-17-13/h1-8H,14H2. The molecule has 0 spiro atoms. The van der Waals surface area contributed by atoms with Crippen molar-refractivity contribution in [2.45, 2.75) is 10.1 Å². The van der Waals surface area contributed by atoms with Gasteiger partial charge in [0.05, 0.1) is 11.2 Å². The summed E-state index contributed by atoms with van der Waals surface area (Å²) < 4.78 is 0. The summed E-state index contributed by atoms with van der Waals surface area (Å²) in [5.74, 6) is 0. The summed E-state index contributed by atoms with van der Waals surface area (Å²) in [6, 6.07) is 9.53. The average Bonchev–Trinajstić information content (AvgIpc) is 2.41. The fraction of sp³-hybridized carbons (Fsp3) is 0. The van der Waals surface area contributed by atoms with E-state index in [1.165, 1.54) is 11.8 Å². The second-order valence-corrected chi connectivity index (χ2v) is 4.70. The van der Waals surface area contributed by atoms with Crippen LogP contribution < -0.4 is 5.73 Å². The average molecular weight is 254 g/mol. The van der Waals surface area contributed by atoms with Gasteiger partial charge in [-0.15, -0.1) is 0 Å². The van der Waals surface area contributed by atoms with Gasteiger partial charge in [0.2, 0.25) is 0 Å². The number of pyridine rings is 1. The minimum atomic E-state index is 0.684. The molecule has 3 rings (SSSR count). The smallest absolute Gasteiger partial charge is 0.192 e. The molecule has 88 valence electrons. The van der Waals surface area contributed by atoms with Crippen molar-refractivity contribution in [1.82, 2.24) is 15.0 Å². The lowest BCUT2D eigenvalue weighted by Crippen LogP contribution is -1.91. The van der Waals surface area contributed by atoms with Crippen molar-refractivity contribution in [2.75, 3.05) is 5.73 Å². The lowest BCUT2D eigenvalue weighted by Gasteiger charge is -2.05. The molecule has 0 saturated heterocycles. The molecule has 4 nitrogen and oxygen atoms in total. The number of nitrogens with two attached hydrogens (primary N) is 1. The predicted octanol–water partition coefficient (Wildman–Crippen LogP) is 2.76. The van der Waals surface area contributed by atoms with Crippen LogP contribution in [0.2, 0.25) is 0 Å². The molecule has 3 aromatic rings. The number of anilines is 1. The van der Waals surface area contributed by atoms with Crippen LogP contribution in [0.15, 0.2) is 59.0 Å². The SMILES string of the molecule is Nc1cccc2c(Sc3ncccn3)ccnc12. The Kier molecular flexibility index (Phi) is 2.82. The van der Waals surface area contributed by atoms with Crippen LogP contribution in [-0.2, 0) is 0 Å². The van der Waals surface area contributed by atoms with Gasteiger partial charge in [-0.3, -0.25) is 4.98 Å². The van der Waals surface area contributed by atoms with Gasteiger partial charge in [0, 0.05) is 28.9 Å². The normalized spacial score (nSPS) is 10.7. The molecule has 2 aromatic heterocycles. The van der Waals surface area contributed by atoms with Crippen LogP contribution in [0.25, 0.3) is 10.9 Å². The van der Waals surface area contributed by atoms with Gasteiger partial charge in [-0.2, -0.15) is 0 Å². The number of fused-ring (bicyclic) bond motifs is 1. The fourth-order valence-corrected chi connectivity index (χ4v) is 2.53. The van der Waals surface area contributed by atoms with Crippen molar-refractivity contribution in [3.63, 3.8) is 0 Å². The number of nitrogen functional groups attached to an aromatic ring is 1. The Labute approximate surface area is 108 Å². The van der Waals surface area contributed by atoms with E-state index in [1.54, 1.807) is 24.7 Å². The van der Waals surface area contributed by atoms with Crippen molar-refractivity contribution in [2.24, 2.45) is 0 Å². The van der Waals surface area contributed by atoms with Crippen LogP contribution in [0.5, 0.6) is 0 Å². The molecule has 0 bridgehead atoms. The van der Waals surface area contributed by atoms with E-state index in [1.807, 2.05) is 24.3 Å². The maximum absolute atomic E-state index is 5.92. The number of rotatable bonds is 2. The van der Waals surface area contributed by atoms with Crippen LogP contribution in [0.1, 0.15) is 0 Å². The van der Waals surface area contributed by atoms with Gasteiger partial charge in [-0.1, -0.05) is 12.1 Å². The molecule has 0 amide bonds. The zero-order valence-electron chi connectivity index (χ0n) is 9.45. The van der Waals surface area contributed by atoms with E-state index < -0.39 is 0 Å². The number of nitrogens with zero attached hydrogens (tertiary/aromatic N) is 3. The van der Waals surface area contributed by atoms with Crippen molar-refractivity contribution >= 4 is 28.4 Å². The molecule has 0 aliphatic carbocycles. The third-order valence-corrected chi connectivity index (χ3v) is 3.47. The summed E-state index contributed by atoms with van der Waals surface area (Å²) in [5.41, 5.74) is 7.42. The lowest BCUT2D eigenvalue weighted by atomic mass is 10.2. The molecule has 0 saturated carbocycles. The largest absolute Gasteiger partial charge is 0.397 e. The second kappa shape index (κ2) is 4.62. The maximum atomic E-state index is 5.92. The molecule has 1 aromatic carbocycles. The number of hydrogen-bond donors (Lipinski definition) is 1. The Morgan fingerprint density at radius 1 is 0.889 bits per heavy atom. The third kappa shape index (κ3) is 2.00. The molecule has 0 radical (unpaired) electrons. The van der Waals surface area contributed by atoms with E-state index in [9.17, 15) is 0 Å². The molecule has 0 unspecified atom stereocenters. The molecular weight excluding hydrogens is 244 g/mol. The van der Waals surface area contributed by atoms with Gasteiger partial charge in [-0.25, -0.2) is 9.97 Å². The van der Waals surface area contributed by atoms with Gasteiger partial charge < -0.3 is 5.73 Å². The van der Waals surface area contributed by atoms with E-state index in [4.69, 9.17) is 5.73 Å². The molecule has 2 N–H and O–H groups in total. The first kappa shape index (κ1) is 11.0. The van der Waals surface area contributed by atoms with Gasteiger partial charge in [-0.05, 0) is 30.0 Å². The van der Waals surface area contributed by atoms with Crippen molar-refractivity contribution in [3.05, 3.63) is 48.9 Å². The first-order valence-electron chi connectivity index (χ1n) is 5.43. The summed E-state index contributed by atoms with van der Waals surface area (Å²) in [6.07, 6.45) is 5.21. The zero-order chi connectivity index (χ0) is 12.4. The Morgan fingerprint density at radius 3 is 2.56 bits per heavy atom. The molecular formula is C13H10N4S. The van der Waals surface area contributed by atoms with E-state index >= 15 is 0 Å². The van der Waals surface area contributed by atoms with Crippen LogP contribution in [0.4, 0.5) is 5.69 Å². The molecule has 2 heterocycles. The quantitative estimate of drug-likeness (QED) is 0.562. The van der Waals surface area contributed by atoms with Crippen molar-refractivity contribution < 1.29 is 0 Å². The fourth-order valence-electron chi connectivity index (χ4n) is 1.70. The van der Waals surface area contributed by atoms with E-state index in [2.05, 4.69) is 15.0 Å². The summed E-state index contributed by atoms with van der Waals surface area (Å²) in [6.45, 7) is 0. The number of para-hydroxylation sites is 1. The van der Waals surface area contributed by atoms with E-state index in [-0.39, 0.29) is 0 Å². The summed E-state index contributed by atoms with van der Waals surface area (Å²) in [7, 11) is 0. The minimum Gasteiger partial charge on any atom is -0.397 e. The van der Waals surface area contributed by atoms with E-state index in [0.29, 0.717) is 10.8 Å². The summed E-state index contributed by atoms with van der Waals surface area (Å²) in [4.78, 5) is 13.8. The molecule has 0 aliphatic rings. The summed E-state index contributed by atoms with van der Waals surface area (Å²) >= 11 is 1.51. The van der Waals surface area contributed by atoms with Gasteiger partial charge in [0.1, 0.15) is 0 Å². The van der Waals surface area contributed by atoms with Crippen LogP contribution >= 0.6 is 11.8 Å². The molecule has 0 atom stereocenters. The molecule has 0 fully saturated rings. The Bertz CT molecular complexity index is 685. The van der Waals surface area contributed by atoms with Crippen LogP contribution in [0, 0.1) is 0 Å². The van der Waals surface area contributed by atoms with Crippen LogP contribution in [0.3, 0.4) is 0 Å². The number of aromatic nitrogens is 3. The highest BCUT2D eigenvalue weighted by Crippen LogP contribution is 2.32. The molecule has 5 heteroatoms. The Hall–Kier alpha value is -2.14. The highest BCUT2D eigenvalue weighted by atomic mass is 32.2. The van der Waals surface area contributed by atoms with Crippen LogP contribution in [-0.4, -0.2) is 15.0 Å². The summed E-state index contributed by atoms with van der Waals surface area (Å²) in [5, 5.41) is 1.74. The first-order chi connectivity index (χ1) is 8.84. The predicted molar refractivity (Wildman–Crippen MR) is 72.3 cm³/mol. The van der Waals surface area contributed by atoms with Gasteiger partial charge >= 0.3 is 0 Å². The van der Waals surface area contributed by atoms with Crippen molar-refractivity contribution in [3.8, 4) is 0 Å². The lowest BCUT2D eigenvalue weighted by molar-refractivity contribution is 0.967. The first-order valence-corrected chi connectivity index (χ1v) is 6.24. The third-order valence-electron chi connectivity index (χ3n) is 2.51. The Balaban J connectivity index is 2.10. The second-order valence-electron chi connectivity index (χ2n) is 3.69. The molecule has 18 heavy (non-hydrogen) atoms. The highest BCUT2D eigenvalue weighted by molar-refractivity contribution is 7.99. The number of benzene rings is 1. The Morgan fingerprint density at radius 2 is 1.72 bits per heavy atom. The monoisotopic (exact) mass is 254 g/mol. The number of hydrogen-bond acceptors (Lipinski definition) is 5.